The van der Waals surface area contributed by atoms with Crippen molar-refractivity contribution in [3.8, 4) is 0 Å². The summed E-state index contributed by atoms with van der Waals surface area (Å²) >= 11 is 0. The molecule has 1 fully saturated rings. The molecule has 1 aliphatic heterocycles. The fourth-order valence-electron chi connectivity index (χ4n) is 2.54. The third-order valence-electron chi connectivity index (χ3n) is 3.52. The van der Waals surface area contributed by atoms with Gasteiger partial charge in [0.05, 0.1) is 12.3 Å². The zero-order valence-electron chi connectivity index (χ0n) is 11.5. The Hall–Kier alpha value is -1.55. The Bertz CT molecular complexity index is 443. The van der Waals surface area contributed by atoms with E-state index in [2.05, 4.69) is 13.8 Å². The summed E-state index contributed by atoms with van der Waals surface area (Å²) in [7, 11) is 0. The monoisotopic (exact) mass is 263 g/mol. The number of amides is 1. The zero-order valence-corrected chi connectivity index (χ0v) is 11.5. The maximum absolute atomic E-state index is 12.1. The number of aliphatic hydroxyl groups is 1. The molecule has 0 radical (unpaired) electrons. The number of ether oxygens (including phenoxy) is 1. The van der Waals surface area contributed by atoms with Crippen molar-refractivity contribution in [2.75, 3.05) is 18.1 Å². The van der Waals surface area contributed by atoms with Crippen LogP contribution in [0.3, 0.4) is 0 Å². The van der Waals surface area contributed by atoms with Gasteiger partial charge >= 0.3 is 6.09 Å². The first kappa shape index (κ1) is 13.9. The molecule has 4 nitrogen and oxygen atoms in total. The van der Waals surface area contributed by atoms with Gasteiger partial charge < -0.3 is 9.84 Å². The number of hydrogen-bond acceptors (Lipinski definition) is 3. The number of rotatable bonds is 4. The van der Waals surface area contributed by atoms with Gasteiger partial charge in [-0.3, -0.25) is 4.90 Å². The molecule has 0 aromatic heterocycles. The van der Waals surface area contributed by atoms with Crippen LogP contribution in [0.15, 0.2) is 24.3 Å². The van der Waals surface area contributed by atoms with Gasteiger partial charge in [0.15, 0.2) is 0 Å². The molecule has 0 aliphatic carbocycles. The molecular weight excluding hydrogens is 242 g/mol. The Labute approximate surface area is 114 Å². The Morgan fingerprint density at radius 3 is 2.84 bits per heavy atom. The van der Waals surface area contributed by atoms with Crippen LogP contribution in [0, 0.1) is 0 Å². The molecule has 1 atom stereocenters. The minimum absolute atomic E-state index is 0.0196. The number of anilines is 1. The molecule has 1 heterocycles. The first-order chi connectivity index (χ1) is 9.15. The van der Waals surface area contributed by atoms with Crippen LogP contribution >= 0.6 is 0 Å². The minimum atomic E-state index is -0.308. The van der Waals surface area contributed by atoms with Crippen molar-refractivity contribution in [3.63, 3.8) is 0 Å². The van der Waals surface area contributed by atoms with Crippen LogP contribution < -0.4 is 4.90 Å². The molecule has 0 spiro atoms. The third-order valence-corrected chi connectivity index (χ3v) is 3.52. The van der Waals surface area contributed by atoms with E-state index in [1.165, 1.54) is 0 Å². The standard InChI is InChI=1S/C15H21NO3/c1-11(2)13-5-3-4-6-14(13)16-12(7-9-17)8-10-19-15(16)18/h3-6,11-12,17H,7-10H2,1-2H3. The maximum atomic E-state index is 12.1. The van der Waals surface area contributed by atoms with Crippen LogP contribution in [0.25, 0.3) is 0 Å². The van der Waals surface area contributed by atoms with E-state index in [-0.39, 0.29) is 18.7 Å². The summed E-state index contributed by atoms with van der Waals surface area (Å²) in [5.41, 5.74) is 2.03. The van der Waals surface area contributed by atoms with Crippen molar-refractivity contribution < 1.29 is 14.6 Å². The molecule has 1 aromatic carbocycles. The molecule has 0 bridgehead atoms. The fraction of sp³-hybridized carbons (Fsp3) is 0.533. The van der Waals surface area contributed by atoms with Gasteiger partial charge in [-0.15, -0.1) is 0 Å². The number of benzene rings is 1. The van der Waals surface area contributed by atoms with Gasteiger partial charge in [-0.05, 0) is 24.0 Å². The Kier molecular flexibility index (Phi) is 4.43. The topological polar surface area (TPSA) is 49.8 Å². The van der Waals surface area contributed by atoms with Gasteiger partial charge in [-0.2, -0.15) is 0 Å². The van der Waals surface area contributed by atoms with Crippen LogP contribution in [-0.2, 0) is 4.74 Å². The number of para-hydroxylation sites is 1. The smallest absolute Gasteiger partial charge is 0.414 e. The maximum Gasteiger partial charge on any atom is 0.414 e. The van der Waals surface area contributed by atoms with E-state index in [4.69, 9.17) is 9.84 Å². The summed E-state index contributed by atoms with van der Waals surface area (Å²) < 4.78 is 5.16. The van der Waals surface area contributed by atoms with Gasteiger partial charge in [-0.1, -0.05) is 32.0 Å². The van der Waals surface area contributed by atoms with E-state index < -0.39 is 0 Å². The normalized spacial score (nSPS) is 19.7. The lowest BCUT2D eigenvalue weighted by Gasteiger charge is -2.36. The highest BCUT2D eigenvalue weighted by Gasteiger charge is 2.32. The molecule has 1 saturated heterocycles. The number of aliphatic hydroxyl groups excluding tert-OH is 1. The summed E-state index contributed by atoms with van der Waals surface area (Å²) in [5, 5.41) is 9.17. The van der Waals surface area contributed by atoms with Crippen LogP contribution in [0.4, 0.5) is 10.5 Å². The highest BCUT2D eigenvalue weighted by molar-refractivity contribution is 5.90. The minimum Gasteiger partial charge on any atom is -0.449 e. The molecule has 1 unspecified atom stereocenters. The van der Waals surface area contributed by atoms with Crippen molar-refractivity contribution in [1.29, 1.82) is 0 Å². The van der Waals surface area contributed by atoms with Crippen LogP contribution in [0.2, 0.25) is 0 Å². The molecule has 1 N–H and O–H groups in total. The van der Waals surface area contributed by atoms with Gasteiger partial charge in [0, 0.05) is 19.1 Å². The van der Waals surface area contributed by atoms with Crippen LogP contribution in [0.5, 0.6) is 0 Å². The summed E-state index contributed by atoms with van der Waals surface area (Å²) in [6.45, 7) is 4.73. The predicted molar refractivity (Wildman–Crippen MR) is 74.5 cm³/mol. The van der Waals surface area contributed by atoms with Crippen LogP contribution in [-0.4, -0.2) is 30.5 Å². The van der Waals surface area contributed by atoms with E-state index in [0.29, 0.717) is 18.9 Å². The van der Waals surface area contributed by atoms with E-state index in [0.717, 1.165) is 17.7 Å². The summed E-state index contributed by atoms with van der Waals surface area (Å²) in [4.78, 5) is 13.8. The Balaban J connectivity index is 2.38. The van der Waals surface area contributed by atoms with Crippen molar-refractivity contribution in [3.05, 3.63) is 29.8 Å². The van der Waals surface area contributed by atoms with Gasteiger partial charge in [0.2, 0.25) is 0 Å². The van der Waals surface area contributed by atoms with Crippen molar-refractivity contribution in [2.45, 2.75) is 38.6 Å². The summed E-state index contributed by atoms with van der Waals surface area (Å²) in [6, 6.07) is 7.92. The highest BCUT2D eigenvalue weighted by Crippen LogP contribution is 2.32. The first-order valence-electron chi connectivity index (χ1n) is 6.81. The zero-order chi connectivity index (χ0) is 13.8. The molecule has 19 heavy (non-hydrogen) atoms. The lowest BCUT2D eigenvalue weighted by atomic mass is 9.98. The molecule has 0 saturated carbocycles. The summed E-state index contributed by atoms with van der Waals surface area (Å²) in [5.74, 6) is 0.334. The number of cyclic esters (lactones) is 1. The lowest BCUT2D eigenvalue weighted by molar-refractivity contribution is 0.124. The molecule has 1 aliphatic rings. The number of carbonyl (C=O) groups excluding carboxylic acids is 1. The Morgan fingerprint density at radius 2 is 2.16 bits per heavy atom. The van der Waals surface area contributed by atoms with E-state index in [1.807, 2.05) is 24.3 Å². The number of carbonyl (C=O) groups is 1. The second-order valence-corrected chi connectivity index (χ2v) is 5.15. The third kappa shape index (κ3) is 2.89. The Morgan fingerprint density at radius 1 is 1.42 bits per heavy atom. The first-order valence-corrected chi connectivity index (χ1v) is 6.81. The van der Waals surface area contributed by atoms with Gasteiger partial charge in [0.1, 0.15) is 0 Å². The van der Waals surface area contributed by atoms with E-state index >= 15 is 0 Å². The number of hydrogen-bond donors (Lipinski definition) is 1. The summed E-state index contributed by atoms with van der Waals surface area (Å²) in [6.07, 6.45) is 1.04. The second-order valence-electron chi connectivity index (χ2n) is 5.15. The van der Waals surface area contributed by atoms with Crippen molar-refractivity contribution in [2.24, 2.45) is 0 Å². The van der Waals surface area contributed by atoms with Crippen LogP contribution in [0.1, 0.15) is 38.2 Å². The molecule has 104 valence electrons. The molecule has 1 aromatic rings. The quantitative estimate of drug-likeness (QED) is 0.908. The van der Waals surface area contributed by atoms with Gasteiger partial charge in [-0.25, -0.2) is 4.79 Å². The fourth-order valence-corrected chi connectivity index (χ4v) is 2.54. The van der Waals surface area contributed by atoms with Crippen molar-refractivity contribution in [1.82, 2.24) is 0 Å². The molecule has 2 rings (SSSR count). The average molecular weight is 263 g/mol. The van der Waals surface area contributed by atoms with E-state index in [9.17, 15) is 4.79 Å². The average Bonchev–Trinajstić information content (AvgIpc) is 2.39. The molecule has 1 amide bonds. The molecular formula is C15H21NO3. The highest BCUT2D eigenvalue weighted by atomic mass is 16.6. The number of nitrogens with zero attached hydrogens (tertiary/aromatic N) is 1. The lowest BCUT2D eigenvalue weighted by Crippen LogP contribution is -2.46. The van der Waals surface area contributed by atoms with Crippen molar-refractivity contribution >= 4 is 11.8 Å². The van der Waals surface area contributed by atoms with Gasteiger partial charge in [0.25, 0.3) is 0 Å². The molecule has 4 heteroatoms. The largest absolute Gasteiger partial charge is 0.449 e. The second kappa shape index (κ2) is 6.06. The van der Waals surface area contributed by atoms with E-state index in [1.54, 1.807) is 4.90 Å². The predicted octanol–water partition coefficient (Wildman–Crippen LogP) is 2.91. The SMILES string of the molecule is CC(C)c1ccccc1N1C(=O)OCCC1CCO.